The monoisotopic (exact) mass is 443 g/mol. The van der Waals surface area contributed by atoms with Gasteiger partial charge in [0.1, 0.15) is 0 Å². The lowest BCUT2D eigenvalue weighted by atomic mass is 10.0. The predicted molar refractivity (Wildman–Crippen MR) is 120 cm³/mol. The fraction of sp³-hybridized carbons (Fsp3) is 0.429. The summed E-state index contributed by atoms with van der Waals surface area (Å²) in [5, 5.41) is 2.86. The third kappa shape index (κ3) is 8.90. The quantitative estimate of drug-likeness (QED) is 0.564. The van der Waals surface area contributed by atoms with Crippen molar-refractivity contribution in [1.29, 1.82) is 0 Å². The zero-order valence-corrected chi connectivity index (χ0v) is 18.7. The summed E-state index contributed by atoms with van der Waals surface area (Å²) >= 11 is 0. The molecule has 0 unspecified atom stereocenters. The van der Waals surface area contributed by atoms with Crippen LogP contribution in [0.25, 0.3) is 0 Å². The van der Waals surface area contributed by atoms with Gasteiger partial charge in [0, 0.05) is 18.3 Å². The van der Waals surface area contributed by atoms with E-state index in [9.17, 15) is 4.79 Å². The fourth-order valence-corrected chi connectivity index (χ4v) is 2.55. The second-order valence-electron chi connectivity index (χ2n) is 6.82. The number of aromatic nitrogens is 1. The highest BCUT2D eigenvalue weighted by molar-refractivity contribution is 5.85. The standard InChI is InChI=1S/C21H29N3O3.2ClH/c1-4-12-26-18-9-5-6-10-19(18)27-21-16(8-7-11-23-21)14-24-20(25)17(22)13-15(2)3;;/h5-11,15,17H,4,12-14,22H2,1-3H3,(H,24,25);2*1H/t17-;;/m0../s1. The average molecular weight is 444 g/mol. The maximum Gasteiger partial charge on any atom is 0.237 e. The molecule has 29 heavy (non-hydrogen) atoms. The number of ether oxygens (including phenoxy) is 2. The molecule has 0 aliphatic heterocycles. The number of halogens is 2. The molecule has 0 fully saturated rings. The number of nitrogens with zero attached hydrogens (tertiary/aromatic N) is 1. The van der Waals surface area contributed by atoms with Crippen LogP contribution in [0.4, 0.5) is 0 Å². The van der Waals surface area contributed by atoms with Crippen molar-refractivity contribution in [3.63, 3.8) is 0 Å². The number of carbonyl (C=O) groups is 1. The number of hydrogen-bond acceptors (Lipinski definition) is 5. The van der Waals surface area contributed by atoms with Crippen LogP contribution in [0.2, 0.25) is 0 Å². The molecule has 0 bridgehead atoms. The SMILES string of the molecule is CCCOc1ccccc1Oc1ncccc1CNC(=O)[C@@H](N)CC(C)C.Cl.Cl. The van der Waals surface area contributed by atoms with Crippen LogP contribution >= 0.6 is 24.8 Å². The molecular weight excluding hydrogens is 413 g/mol. The minimum atomic E-state index is -0.519. The normalized spacial score (nSPS) is 11.1. The first-order chi connectivity index (χ1) is 13.0. The molecule has 6 nitrogen and oxygen atoms in total. The maximum atomic E-state index is 12.2. The zero-order chi connectivity index (χ0) is 19.6. The van der Waals surface area contributed by atoms with Gasteiger partial charge in [-0.2, -0.15) is 0 Å². The molecule has 8 heteroatoms. The van der Waals surface area contributed by atoms with Gasteiger partial charge in [-0.1, -0.05) is 39.0 Å². The van der Waals surface area contributed by atoms with Crippen LogP contribution in [0, 0.1) is 5.92 Å². The highest BCUT2D eigenvalue weighted by Crippen LogP contribution is 2.31. The van der Waals surface area contributed by atoms with Crippen LogP contribution in [0.15, 0.2) is 42.6 Å². The van der Waals surface area contributed by atoms with Crippen molar-refractivity contribution in [3.8, 4) is 17.4 Å². The summed E-state index contributed by atoms with van der Waals surface area (Å²) in [5.74, 6) is 1.88. The lowest BCUT2D eigenvalue weighted by Crippen LogP contribution is -2.41. The molecule has 0 spiro atoms. The van der Waals surface area contributed by atoms with Gasteiger partial charge < -0.3 is 20.5 Å². The minimum absolute atomic E-state index is 0. The molecule has 1 heterocycles. The molecule has 2 aromatic rings. The minimum Gasteiger partial charge on any atom is -0.490 e. The number of rotatable bonds is 10. The molecular formula is C21H31Cl2N3O3. The van der Waals surface area contributed by atoms with Gasteiger partial charge in [-0.15, -0.1) is 24.8 Å². The third-order valence-electron chi connectivity index (χ3n) is 3.88. The summed E-state index contributed by atoms with van der Waals surface area (Å²) < 4.78 is 11.7. The Morgan fingerprint density at radius 3 is 2.48 bits per heavy atom. The Morgan fingerprint density at radius 2 is 1.83 bits per heavy atom. The van der Waals surface area contributed by atoms with Crippen molar-refractivity contribution < 1.29 is 14.3 Å². The largest absolute Gasteiger partial charge is 0.490 e. The first-order valence-electron chi connectivity index (χ1n) is 9.38. The first-order valence-corrected chi connectivity index (χ1v) is 9.38. The molecule has 1 aromatic heterocycles. The van der Waals surface area contributed by atoms with Crippen molar-refractivity contribution in [1.82, 2.24) is 10.3 Å². The summed E-state index contributed by atoms with van der Waals surface area (Å²) in [7, 11) is 0. The summed E-state index contributed by atoms with van der Waals surface area (Å²) in [6, 6.07) is 10.6. The molecule has 0 saturated heterocycles. The number of para-hydroxylation sites is 2. The lowest BCUT2D eigenvalue weighted by Gasteiger charge is -2.16. The van der Waals surface area contributed by atoms with Crippen molar-refractivity contribution in [2.75, 3.05) is 6.61 Å². The van der Waals surface area contributed by atoms with Crippen molar-refractivity contribution >= 4 is 30.7 Å². The number of pyridine rings is 1. The van der Waals surface area contributed by atoms with E-state index >= 15 is 0 Å². The van der Waals surface area contributed by atoms with Gasteiger partial charge in [0.05, 0.1) is 12.6 Å². The van der Waals surface area contributed by atoms with Crippen LogP contribution in [-0.4, -0.2) is 23.5 Å². The van der Waals surface area contributed by atoms with E-state index in [4.69, 9.17) is 15.2 Å². The summed E-state index contributed by atoms with van der Waals surface area (Å²) in [5.41, 5.74) is 6.71. The molecule has 1 aromatic carbocycles. The van der Waals surface area contributed by atoms with E-state index in [2.05, 4.69) is 10.3 Å². The fourth-order valence-electron chi connectivity index (χ4n) is 2.55. The lowest BCUT2D eigenvalue weighted by molar-refractivity contribution is -0.122. The Hall–Kier alpha value is -2.02. The maximum absolute atomic E-state index is 12.2. The molecule has 0 saturated carbocycles. The van der Waals surface area contributed by atoms with Gasteiger partial charge in [0.15, 0.2) is 11.5 Å². The van der Waals surface area contributed by atoms with Gasteiger partial charge >= 0.3 is 0 Å². The second kappa shape index (κ2) is 14.0. The van der Waals surface area contributed by atoms with Gasteiger partial charge in [-0.3, -0.25) is 4.79 Å². The number of nitrogens with two attached hydrogens (primary N) is 1. The van der Waals surface area contributed by atoms with E-state index in [-0.39, 0.29) is 30.7 Å². The van der Waals surface area contributed by atoms with Gasteiger partial charge in [0.2, 0.25) is 11.8 Å². The van der Waals surface area contributed by atoms with E-state index in [0.29, 0.717) is 42.9 Å². The van der Waals surface area contributed by atoms with Crippen LogP contribution in [0.1, 0.15) is 39.2 Å². The Labute approximate surface area is 185 Å². The highest BCUT2D eigenvalue weighted by Gasteiger charge is 2.16. The predicted octanol–water partition coefficient (Wildman–Crippen LogP) is 4.50. The van der Waals surface area contributed by atoms with Crippen LogP contribution < -0.4 is 20.5 Å². The summed E-state index contributed by atoms with van der Waals surface area (Å²) in [6.45, 7) is 7.04. The Balaban J connectivity index is 0.00000392. The summed E-state index contributed by atoms with van der Waals surface area (Å²) in [6.07, 6.45) is 3.21. The van der Waals surface area contributed by atoms with Crippen LogP contribution in [0.3, 0.4) is 0 Å². The summed E-state index contributed by atoms with van der Waals surface area (Å²) in [4.78, 5) is 16.5. The van der Waals surface area contributed by atoms with E-state index < -0.39 is 6.04 Å². The van der Waals surface area contributed by atoms with Crippen molar-refractivity contribution in [2.45, 2.75) is 46.2 Å². The number of nitrogens with one attached hydrogen (secondary N) is 1. The van der Waals surface area contributed by atoms with Crippen LogP contribution in [0.5, 0.6) is 17.4 Å². The van der Waals surface area contributed by atoms with Gasteiger partial charge in [-0.05, 0) is 37.0 Å². The number of benzene rings is 1. The molecule has 2 rings (SSSR count). The van der Waals surface area contributed by atoms with Gasteiger partial charge in [0.25, 0.3) is 0 Å². The van der Waals surface area contributed by atoms with E-state index in [1.807, 2.05) is 57.2 Å². The number of hydrogen-bond donors (Lipinski definition) is 2. The third-order valence-corrected chi connectivity index (χ3v) is 3.88. The molecule has 0 aliphatic rings. The molecule has 0 aliphatic carbocycles. The molecule has 1 amide bonds. The average Bonchev–Trinajstić information content (AvgIpc) is 2.65. The Bertz CT molecular complexity index is 745. The molecule has 162 valence electrons. The topological polar surface area (TPSA) is 86.5 Å². The number of amides is 1. The second-order valence-corrected chi connectivity index (χ2v) is 6.82. The smallest absolute Gasteiger partial charge is 0.237 e. The van der Waals surface area contributed by atoms with E-state index in [0.717, 1.165) is 12.0 Å². The zero-order valence-electron chi connectivity index (χ0n) is 17.1. The van der Waals surface area contributed by atoms with Crippen LogP contribution in [-0.2, 0) is 11.3 Å². The molecule has 3 N–H and O–H groups in total. The van der Waals surface area contributed by atoms with Crippen molar-refractivity contribution in [2.24, 2.45) is 11.7 Å². The molecule has 0 radical (unpaired) electrons. The van der Waals surface area contributed by atoms with Gasteiger partial charge in [-0.25, -0.2) is 4.98 Å². The Morgan fingerprint density at radius 1 is 1.14 bits per heavy atom. The first kappa shape index (κ1) is 27.0. The molecule has 1 atom stereocenters. The van der Waals surface area contributed by atoms with E-state index in [1.165, 1.54) is 0 Å². The number of carbonyl (C=O) groups excluding carboxylic acids is 1. The van der Waals surface area contributed by atoms with Crippen molar-refractivity contribution in [3.05, 3.63) is 48.2 Å². The highest BCUT2D eigenvalue weighted by atomic mass is 35.5. The Kier molecular flexibility index (Phi) is 13.1. The van der Waals surface area contributed by atoms with E-state index in [1.54, 1.807) is 6.20 Å².